The number of hydrogen-bond acceptors (Lipinski definition) is 7. The molecule has 1 aromatic carbocycles. The molecule has 35 heavy (non-hydrogen) atoms. The highest BCUT2D eigenvalue weighted by atomic mass is 35.5. The van der Waals surface area contributed by atoms with Gasteiger partial charge in [-0.2, -0.15) is 0 Å². The molecule has 10 heteroatoms. The van der Waals surface area contributed by atoms with Gasteiger partial charge >= 0.3 is 0 Å². The Bertz CT molecular complexity index is 1360. The number of aryl methyl sites for hydroxylation is 1. The smallest absolute Gasteiger partial charge is 0.257 e. The monoisotopic (exact) mass is 511 g/mol. The number of aromatic nitrogens is 3. The molecule has 4 aromatic rings. The van der Waals surface area contributed by atoms with E-state index >= 15 is 0 Å². The second kappa shape index (κ2) is 11.5. The van der Waals surface area contributed by atoms with Crippen LogP contribution in [0.3, 0.4) is 0 Å². The fourth-order valence-corrected chi connectivity index (χ4v) is 4.93. The van der Waals surface area contributed by atoms with Crippen LogP contribution in [0.1, 0.15) is 45.9 Å². The summed E-state index contributed by atoms with van der Waals surface area (Å²) in [6.07, 6.45) is 6.35. The zero-order chi connectivity index (χ0) is 24.8. The van der Waals surface area contributed by atoms with Gasteiger partial charge in [-0.15, -0.1) is 11.3 Å². The van der Waals surface area contributed by atoms with Crippen LogP contribution in [0, 0.1) is 0 Å². The van der Waals surface area contributed by atoms with Gasteiger partial charge in [-0.1, -0.05) is 30.7 Å². The summed E-state index contributed by atoms with van der Waals surface area (Å²) in [5.74, 6) is -0.408. The average Bonchev–Trinajstić information content (AvgIpc) is 3.30. The van der Waals surface area contributed by atoms with E-state index in [0.717, 1.165) is 21.7 Å². The second-order valence-corrected chi connectivity index (χ2v) is 9.63. The molecule has 0 bridgehead atoms. The van der Waals surface area contributed by atoms with Gasteiger partial charge in [0.05, 0.1) is 17.3 Å². The minimum atomic E-state index is -0.783. The summed E-state index contributed by atoms with van der Waals surface area (Å²) >= 11 is 7.42. The Labute approximate surface area is 211 Å². The van der Waals surface area contributed by atoms with Crippen LogP contribution in [0.25, 0.3) is 10.2 Å². The van der Waals surface area contributed by atoms with Gasteiger partial charge in [-0.05, 0) is 30.2 Å². The molecule has 1 amide bonds. The molecular formula is C25H26ClN5O3S. The van der Waals surface area contributed by atoms with Crippen molar-refractivity contribution in [1.82, 2.24) is 25.2 Å². The van der Waals surface area contributed by atoms with E-state index in [4.69, 9.17) is 11.6 Å². The first-order chi connectivity index (χ1) is 17.0. The molecule has 0 spiro atoms. The number of nitrogens with one attached hydrogen (secondary N) is 2. The summed E-state index contributed by atoms with van der Waals surface area (Å²) in [6.45, 7) is 3.81. The normalized spacial score (nSPS) is 12.1. The molecule has 0 aliphatic rings. The van der Waals surface area contributed by atoms with Gasteiger partial charge in [0.1, 0.15) is 16.5 Å². The summed E-state index contributed by atoms with van der Waals surface area (Å²) in [4.78, 5) is 35.9. The standard InChI is InChI=1S/C25H26ClN5O3S/c1-2-9-31-15-20(24(34)30-11-16-3-5-17(26)6-4-16)23(33)19-10-18(35-25(19)31)12-28-14-22(32)21-13-27-7-8-29-21/h3-8,10,13,15,22,28,32H,2,9,11-12,14H2,1H3,(H,30,34). The van der Waals surface area contributed by atoms with Gasteiger partial charge in [0, 0.05) is 54.7 Å². The molecule has 3 N–H and O–H groups in total. The summed E-state index contributed by atoms with van der Waals surface area (Å²) in [5.41, 5.74) is 1.22. The molecule has 0 saturated heterocycles. The highest BCUT2D eigenvalue weighted by Crippen LogP contribution is 2.24. The molecule has 0 saturated carbocycles. The number of carbonyl (C=O) groups excluding carboxylic acids is 1. The van der Waals surface area contributed by atoms with E-state index < -0.39 is 12.0 Å². The van der Waals surface area contributed by atoms with Gasteiger partial charge in [0.25, 0.3) is 5.91 Å². The number of thiophene rings is 1. The maximum Gasteiger partial charge on any atom is 0.257 e. The zero-order valence-electron chi connectivity index (χ0n) is 19.2. The molecule has 3 aromatic heterocycles. The number of benzene rings is 1. The molecule has 1 atom stereocenters. The van der Waals surface area contributed by atoms with E-state index in [2.05, 4.69) is 20.6 Å². The van der Waals surface area contributed by atoms with Crippen LogP contribution in [-0.2, 0) is 19.6 Å². The van der Waals surface area contributed by atoms with Crippen LogP contribution in [-0.4, -0.2) is 32.1 Å². The molecule has 182 valence electrons. The molecule has 4 rings (SSSR count). The SMILES string of the molecule is CCCn1cc(C(=O)NCc2ccc(Cl)cc2)c(=O)c2cc(CNCC(O)c3cnccn3)sc21. The van der Waals surface area contributed by atoms with Crippen molar-refractivity contribution >= 4 is 39.1 Å². The third-order valence-corrected chi connectivity index (χ3v) is 6.86. The molecule has 0 fully saturated rings. The number of amides is 1. The third kappa shape index (κ3) is 6.12. The van der Waals surface area contributed by atoms with Crippen molar-refractivity contribution in [2.75, 3.05) is 6.54 Å². The second-order valence-electron chi connectivity index (χ2n) is 8.08. The van der Waals surface area contributed by atoms with Crippen LogP contribution in [0.2, 0.25) is 5.02 Å². The van der Waals surface area contributed by atoms with E-state index in [1.165, 1.54) is 23.7 Å². The van der Waals surface area contributed by atoms with E-state index in [9.17, 15) is 14.7 Å². The van der Waals surface area contributed by atoms with Crippen molar-refractivity contribution in [2.24, 2.45) is 0 Å². The van der Waals surface area contributed by atoms with Crippen LogP contribution in [0.5, 0.6) is 0 Å². The lowest BCUT2D eigenvalue weighted by atomic mass is 10.1. The van der Waals surface area contributed by atoms with E-state index in [-0.39, 0.29) is 11.0 Å². The van der Waals surface area contributed by atoms with Crippen LogP contribution in [0.4, 0.5) is 0 Å². The maximum atomic E-state index is 13.2. The Balaban J connectivity index is 1.50. The van der Waals surface area contributed by atoms with E-state index in [0.29, 0.717) is 42.3 Å². The van der Waals surface area contributed by atoms with Crippen LogP contribution in [0.15, 0.2) is 59.9 Å². The predicted octanol–water partition coefficient (Wildman–Crippen LogP) is 3.67. The molecule has 8 nitrogen and oxygen atoms in total. The third-order valence-electron chi connectivity index (χ3n) is 5.44. The Hall–Kier alpha value is -3.11. The van der Waals surface area contributed by atoms with Gasteiger partial charge in [0.15, 0.2) is 0 Å². The Morgan fingerprint density at radius 2 is 2.03 bits per heavy atom. The lowest BCUT2D eigenvalue weighted by Gasteiger charge is -2.10. The number of halogens is 1. The minimum Gasteiger partial charge on any atom is -0.385 e. The summed E-state index contributed by atoms with van der Waals surface area (Å²) in [5, 5.41) is 17.5. The number of hydrogen-bond donors (Lipinski definition) is 3. The number of aliphatic hydroxyl groups excluding tert-OH is 1. The number of carbonyl (C=O) groups is 1. The van der Waals surface area contributed by atoms with Crippen molar-refractivity contribution in [3.05, 3.63) is 92.1 Å². The highest BCUT2D eigenvalue weighted by Gasteiger charge is 2.18. The first kappa shape index (κ1) is 25.0. The predicted molar refractivity (Wildman–Crippen MR) is 138 cm³/mol. The van der Waals surface area contributed by atoms with Gasteiger partial charge in [-0.25, -0.2) is 0 Å². The molecule has 0 radical (unpaired) electrons. The first-order valence-electron chi connectivity index (χ1n) is 11.3. The Morgan fingerprint density at radius 1 is 1.23 bits per heavy atom. The van der Waals surface area contributed by atoms with Crippen LogP contribution < -0.4 is 16.1 Å². The fourth-order valence-electron chi connectivity index (χ4n) is 3.68. The zero-order valence-corrected chi connectivity index (χ0v) is 20.8. The van der Waals surface area contributed by atoms with Gasteiger partial charge < -0.3 is 20.3 Å². The molecule has 0 aliphatic heterocycles. The van der Waals surface area contributed by atoms with E-state index in [1.807, 2.05) is 29.7 Å². The Morgan fingerprint density at radius 3 is 2.74 bits per heavy atom. The molecule has 0 aliphatic carbocycles. The largest absolute Gasteiger partial charge is 0.385 e. The minimum absolute atomic E-state index is 0.121. The summed E-state index contributed by atoms with van der Waals surface area (Å²) in [7, 11) is 0. The summed E-state index contributed by atoms with van der Waals surface area (Å²) < 4.78 is 1.97. The molecule has 1 unspecified atom stereocenters. The van der Waals surface area contributed by atoms with Crippen molar-refractivity contribution in [3.8, 4) is 0 Å². The number of fused-ring (bicyclic) bond motifs is 1. The lowest BCUT2D eigenvalue weighted by Crippen LogP contribution is -2.29. The topological polar surface area (TPSA) is 109 Å². The first-order valence-corrected chi connectivity index (χ1v) is 12.5. The van der Waals surface area contributed by atoms with E-state index in [1.54, 1.807) is 24.5 Å². The Kier molecular flexibility index (Phi) is 8.25. The van der Waals surface area contributed by atoms with Gasteiger partial charge in [-0.3, -0.25) is 19.6 Å². The highest BCUT2D eigenvalue weighted by molar-refractivity contribution is 7.18. The van der Waals surface area contributed by atoms with Crippen molar-refractivity contribution in [3.63, 3.8) is 0 Å². The molecule has 3 heterocycles. The summed E-state index contributed by atoms with van der Waals surface area (Å²) in [6, 6.07) is 9.01. The molecular weight excluding hydrogens is 486 g/mol. The average molecular weight is 512 g/mol. The van der Waals surface area contributed by atoms with Crippen molar-refractivity contribution < 1.29 is 9.90 Å². The van der Waals surface area contributed by atoms with Gasteiger partial charge in [0.2, 0.25) is 5.43 Å². The quantitative estimate of drug-likeness (QED) is 0.300. The number of pyridine rings is 1. The number of aliphatic hydroxyl groups is 1. The maximum absolute atomic E-state index is 13.2. The van der Waals surface area contributed by atoms with Crippen molar-refractivity contribution in [1.29, 1.82) is 0 Å². The number of rotatable bonds is 10. The van der Waals surface area contributed by atoms with Crippen molar-refractivity contribution in [2.45, 2.75) is 39.1 Å². The number of nitrogens with zero attached hydrogens (tertiary/aromatic N) is 3. The lowest BCUT2D eigenvalue weighted by molar-refractivity contribution is 0.0949. The van der Waals surface area contributed by atoms with Crippen LogP contribution >= 0.6 is 22.9 Å². The fraction of sp³-hybridized carbons (Fsp3) is 0.280.